The van der Waals surface area contributed by atoms with Gasteiger partial charge in [-0.05, 0) is 0 Å². The summed E-state index contributed by atoms with van der Waals surface area (Å²) in [5.41, 5.74) is 0. The van der Waals surface area contributed by atoms with Crippen LogP contribution in [0.25, 0.3) is 0 Å². The van der Waals surface area contributed by atoms with Crippen molar-refractivity contribution in [3.63, 3.8) is 0 Å². The molecule has 0 aliphatic carbocycles. The molecule has 0 aromatic carbocycles. The molecule has 0 unspecified atom stereocenters. The number of nitriles is 1. The fourth-order valence-corrected chi connectivity index (χ4v) is 2.74. The molecular weight excluding hydrogens is 299 g/mol. The molecule has 9 heteroatoms. The van der Waals surface area contributed by atoms with Crippen LogP contribution >= 0.6 is 23.1 Å². The molecule has 102 valence electrons. The Bertz CT molecular complexity index is 506. The van der Waals surface area contributed by atoms with Crippen molar-refractivity contribution in [3.05, 3.63) is 23.0 Å². The third-order valence-electron chi connectivity index (χ3n) is 1.64. The van der Waals surface area contributed by atoms with Crippen molar-refractivity contribution in [2.45, 2.75) is 10.8 Å². The number of hydrogen-bond acceptors (Lipinski definition) is 6. The summed E-state index contributed by atoms with van der Waals surface area (Å²) in [6, 6.07) is 1.75. The van der Waals surface area contributed by atoms with Gasteiger partial charge in [0.25, 0.3) is 0 Å². The Labute approximate surface area is 115 Å². The average molecular weight is 307 g/mol. The zero-order valence-corrected chi connectivity index (χ0v) is 11.1. The molecular formula is C10H8F3N3OS2. The number of nitrogens with zero attached hydrogens (tertiary/aromatic N) is 3. The van der Waals surface area contributed by atoms with Crippen LogP contribution in [0.5, 0.6) is 0 Å². The van der Waals surface area contributed by atoms with E-state index in [-0.39, 0.29) is 18.8 Å². The van der Waals surface area contributed by atoms with Crippen LogP contribution in [0.1, 0.15) is 11.3 Å². The number of oxime groups is 1. The van der Waals surface area contributed by atoms with E-state index in [1.165, 1.54) is 35.5 Å². The van der Waals surface area contributed by atoms with Crippen molar-refractivity contribution >= 4 is 29.3 Å². The van der Waals surface area contributed by atoms with Gasteiger partial charge in [-0.2, -0.15) is 14.0 Å². The first-order valence-electron chi connectivity index (χ1n) is 4.94. The summed E-state index contributed by atoms with van der Waals surface area (Å²) in [5, 5.41) is 11.7. The van der Waals surface area contributed by atoms with Gasteiger partial charge < -0.3 is 4.84 Å². The zero-order chi connectivity index (χ0) is 14.1. The second-order valence-electron chi connectivity index (χ2n) is 2.96. The third-order valence-corrected chi connectivity index (χ3v) is 3.73. The summed E-state index contributed by atoms with van der Waals surface area (Å²) < 4.78 is 36.7. The number of allylic oxidation sites excluding steroid dienone is 1. The monoisotopic (exact) mass is 307 g/mol. The van der Waals surface area contributed by atoms with Gasteiger partial charge in [0.05, 0.1) is 11.1 Å². The first-order valence-corrected chi connectivity index (χ1v) is 6.74. The lowest BCUT2D eigenvalue weighted by atomic mass is 10.4. The number of aromatic nitrogens is 1. The summed E-state index contributed by atoms with van der Waals surface area (Å²) in [4.78, 5) is 9.26. The fraction of sp³-hybridized carbons (Fsp3) is 0.300. The van der Waals surface area contributed by atoms with Crippen molar-refractivity contribution in [1.29, 1.82) is 5.26 Å². The highest BCUT2D eigenvalue weighted by Crippen LogP contribution is 2.26. The molecule has 0 atom stereocenters. The van der Waals surface area contributed by atoms with Crippen molar-refractivity contribution in [2.75, 3.05) is 12.4 Å². The summed E-state index contributed by atoms with van der Waals surface area (Å²) >= 11 is 2.44. The van der Waals surface area contributed by atoms with Crippen molar-refractivity contribution in [2.24, 2.45) is 5.16 Å². The van der Waals surface area contributed by atoms with Crippen molar-refractivity contribution in [1.82, 2.24) is 4.98 Å². The minimum Gasteiger partial charge on any atom is -0.380 e. The highest BCUT2D eigenvalue weighted by Gasteiger charge is 2.06. The lowest BCUT2D eigenvalue weighted by Gasteiger charge is -1.94. The first kappa shape index (κ1) is 15.5. The standard InChI is InChI=1S/C10H8F3N3OS2/c11-8(9(12)13)1-4-18-10-15-5-7(19-10)6-16-17-3-2-14/h5-6H,1,3-4H2. The molecule has 1 aromatic heterocycles. The Hall–Kier alpha value is -1.53. The van der Waals surface area contributed by atoms with Gasteiger partial charge in [-0.15, -0.1) is 11.3 Å². The van der Waals surface area contributed by atoms with E-state index in [2.05, 4.69) is 15.0 Å². The molecule has 0 radical (unpaired) electrons. The van der Waals surface area contributed by atoms with Crippen LogP contribution in [-0.2, 0) is 4.84 Å². The number of halogens is 3. The van der Waals surface area contributed by atoms with E-state index in [0.717, 1.165) is 0 Å². The van der Waals surface area contributed by atoms with Crippen molar-refractivity contribution in [3.8, 4) is 6.07 Å². The normalized spacial score (nSPS) is 10.4. The molecule has 1 heterocycles. The van der Waals surface area contributed by atoms with Crippen LogP contribution in [0.3, 0.4) is 0 Å². The van der Waals surface area contributed by atoms with Crippen LogP contribution in [0.4, 0.5) is 13.2 Å². The maximum atomic E-state index is 12.5. The summed E-state index contributed by atoms with van der Waals surface area (Å²) in [6.45, 7) is -0.142. The quantitative estimate of drug-likeness (QED) is 0.334. The molecule has 4 nitrogen and oxygen atoms in total. The Morgan fingerprint density at radius 2 is 2.37 bits per heavy atom. The van der Waals surface area contributed by atoms with E-state index in [1.54, 1.807) is 6.07 Å². The molecule has 1 rings (SSSR count). The van der Waals surface area contributed by atoms with Gasteiger partial charge >= 0.3 is 6.08 Å². The molecule has 0 bridgehead atoms. The van der Waals surface area contributed by atoms with Crippen LogP contribution in [-0.4, -0.2) is 23.6 Å². The second-order valence-corrected chi connectivity index (χ2v) is 5.36. The molecule has 19 heavy (non-hydrogen) atoms. The summed E-state index contributed by atoms with van der Waals surface area (Å²) in [7, 11) is 0. The van der Waals surface area contributed by atoms with Crippen molar-refractivity contribution < 1.29 is 18.0 Å². The van der Waals surface area contributed by atoms with Crippen LogP contribution in [0.2, 0.25) is 0 Å². The smallest absolute Gasteiger partial charge is 0.301 e. The summed E-state index contributed by atoms with van der Waals surface area (Å²) in [6.07, 6.45) is 0.304. The van der Waals surface area contributed by atoms with Gasteiger partial charge in [-0.1, -0.05) is 16.9 Å². The topological polar surface area (TPSA) is 58.3 Å². The van der Waals surface area contributed by atoms with E-state index in [9.17, 15) is 13.2 Å². The predicted octanol–water partition coefficient (Wildman–Crippen LogP) is 3.58. The molecule has 0 saturated heterocycles. The molecule has 0 saturated carbocycles. The van der Waals surface area contributed by atoms with E-state index in [4.69, 9.17) is 5.26 Å². The highest BCUT2D eigenvalue weighted by molar-refractivity contribution is 8.01. The highest BCUT2D eigenvalue weighted by atomic mass is 32.2. The van der Waals surface area contributed by atoms with E-state index in [0.29, 0.717) is 9.22 Å². The number of thioether (sulfide) groups is 1. The number of thiazole rings is 1. The SMILES string of the molecule is N#CCON=Cc1cnc(SCCC(F)=C(F)F)s1. The number of hydrogen-bond donors (Lipinski definition) is 0. The number of rotatable bonds is 7. The largest absolute Gasteiger partial charge is 0.380 e. The second kappa shape index (κ2) is 8.55. The molecule has 0 aliphatic rings. The van der Waals surface area contributed by atoms with Gasteiger partial charge in [-0.25, -0.2) is 9.37 Å². The molecule has 0 aliphatic heterocycles. The minimum absolute atomic E-state index is 0.142. The van der Waals surface area contributed by atoms with Gasteiger partial charge in [0.1, 0.15) is 10.4 Å². The Morgan fingerprint density at radius 1 is 1.58 bits per heavy atom. The van der Waals surface area contributed by atoms with Crippen LogP contribution in [0, 0.1) is 11.3 Å². The van der Waals surface area contributed by atoms with Crippen LogP contribution in [0.15, 0.2) is 27.6 Å². The maximum Gasteiger partial charge on any atom is 0.301 e. The molecule has 0 N–H and O–H groups in total. The molecule has 0 amide bonds. The fourth-order valence-electron chi connectivity index (χ4n) is 0.874. The molecule has 0 spiro atoms. The average Bonchev–Trinajstić information content (AvgIpc) is 2.82. The Morgan fingerprint density at radius 3 is 3.05 bits per heavy atom. The lowest BCUT2D eigenvalue weighted by Crippen LogP contribution is -1.82. The van der Waals surface area contributed by atoms with E-state index < -0.39 is 11.9 Å². The Balaban J connectivity index is 2.37. The van der Waals surface area contributed by atoms with E-state index >= 15 is 0 Å². The third kappa shape index (κ3) is 6.26. The van der Waals surface area contributed by atoms with Gasteiger partial charge in [0.15, 0.2) is 5.83 Å². The van der Waals surface area contributed by atoms with Gasteiger partial charge in [0.2, 0.25) is 6.61 Å². The Kier molecular flexibility index (Phi) is 6.99. The minimum atomic E-state index is -2.28. The predicted molar refractivity (Wildman–Crippen MR) is 67.0 cm³/mol. The van der Waals surface area contributed by atoms with E-state index in [1.807, 2.05) is 0 Å². The molecule has 0 fully saturated rings. The van der Waals surface area contributed by atoms with Crippen LogP contribution < -0.4 is 0 Å². The van der Waals surface area contributed by atoms with Gasteiger partial charge in [-0.3, -0.25) is 0 Å². The summed E-state index contributed by atoms with van der Waals surface area (Å²) in [5.74, 6) is -1.21. The van der Waals surface area contributed by atoms with Gasteiger partial charge in [0, 0.05) is 18.4 Å². The molecule has 1 aromatic rings. The lowest BCUT2D eigenvalue weighted by molar-refractivity contribution is 0.180. The zero-order valence-electron chi connectivity index (χ0n) is 9.48. The maximum absolute atomic E-state index is 12.5. The first-order chi connectivity index (χ1) is 9.13.